The third kappa shape index (κ3) is 2.93. The Morgan fingerprint density at radius 3 is 2.29 bits per heavy atom. The fourth-order valence-electron chi connectivity index (χ4n) is 11.3. The Kier molecular flexibility index (Phi) is 5.53. The number of aliphatic hydroxyl groups is 1. The van der Waals surface area contributed by atoms with Gasteiger partial charge in [0.05, 0.1) is 12.5 Å². The van der Waals surface area contributed by atoms with Crippen LogP contribution in [0.3, 0.4) is 0 Å². The van der Waals surface area contributed by atoms with Crippen molar-refractivity contribution >= 4 is 11.8 Å². The summed E-state index contributed by atoms with van der Waals surface area (Å²) in [6.45, 7) is 15.6. The molecule has 0 spiro atoms. The number of Topliss-reactive ketones (excluding diaryl/α,β-unsaturated/α-hetero) is 1. The third-order valence-electron chi connectivity index (χ3n) is 12.5. The number of aliphatic hydroxyl groups excluding tert-OH is 1. The maximum absolute atomic E-state index is 13.2. The van der Waals surface area contributed by atoms with Crippen LogP contribution in [0, 0.1) is 57.2 Å². The van der Waals surface area contributed by atoms with Crippen molar-refractivity contribution in [1.29, 1.82) is 0 Å². The van der Waals surface area contributed by atoms with E-state index in [-0.39, 0.29) is 28.0 Å². The van der Waals surface area contributed by atoms with Gasteiger partial charge in [-0.15, -0.1) is 0 Å². The molecule has 0 aromatic carbocycles. The lowest BCUT2D eigenvalue weighted by Crippen LogP contribution is -2.65. The van der Waals surface area contributed by atoms with Gasteiger partial charge < -0.3 is 9.84 Å². The first-order chi connectivity index (χ1) is 15.8. The summed E-state index contributed by atoms with van der Waals surface area (Å²) in [7, 11) is 1.56. The number of hydrogen-bond acceptors (Lipinski definition) is 4. The van der Waals surface area contributed by atoms with Gasteiger partial charge in [0.1, 0.15) is 6.10 Å². The summed E-state index contributed by atoms with van der Waals surface area (Å²) in [5, 5.41) is 10.9. The summed E-state index contributed by atoms with van der Waals surface area (Å²) in [6.07, 6.45) is 8.30. The number of carbonyl (C=O) groups excluding carboxylic acids is 2. The zero-order valence-electron chi connectivity index (χ0n) is 22.3. The van der Waals surface area contributed by atoms with Gasteiger partial charge in [-0.1, -0.05) is 39.8 Å². The highest BCUT2D eigenvalue weighted by molar-refractivity contribution is 5.89. The van der Waals surface area contributed by atoms with E-state index in [0.29, 0.717) is 41.9 Å². The normalized spacial score (nSPS) is 51.5. The second-order valence-electron chi connectivity index (χ2n) is 14.0. The van der Waals surface area contributed by atoms with E-state index >= 15 is 0 Å². The molecular formula is C30H46O4. The number of rotatable bonds is 2. The zero-order chi connectivity index (χ0) is 24.8. The monoisotopic (exact) mass is 470 g/mol. The molecule has 5 aliphatic rings. The Morgan fingerprint density at radius 1 is 0.971 bits per heavy atom. The Labute approximate surface area is 206 Å². The van der Waals surface area contributed by atoms with Crippen LogP contribution in [0.15, 0.2) is 12.2 Å². The van der Waals surface area contributed by atoms with Gasteiger partial charge in [0.2, 0.25) is 0 Å². The van der Waals surface area contributed by atoms with E-state index in [2.05, 4.69) is 41.2 Å². The van der Waals surface area contributed by atoms with Crippen molar-refractivity contribution in [3.63, 3.8) is 0 Å². The van der Waals surface area contributed by atoms with Crippen molar-refractivity contribution in [3.8, 4) is 0 Å². The molecule has 5 aliphatic carbocycles. The zero-order valence-corrected chi connectivity index (χ0v) is 22.3. The molecule has 5 saturated carbocycles. The molecule has 1 N–H and O–H groups in total. The van der Waals surface area contributed by atoms with E-state index in [9.17, 15) is 14.7 Å². The van der Waals surface area contributed by atoms with Crippen LogP contribution < -0.4 is 0 Å². The molecular weight excluding hydrogens is 424 g/mol. The Bertz CT molecular complexity index is 905. The molecule has 190 valence electrons. The minimum Gasteiger partial charge on any atom is -0.469 e. The van der Waals surface area contributed by atoms with E-state index in [1.807, 2.05) is 0 Å². The van der Waals surface area contributed by atoms with Crippen LogP contribution >= 0.6 is 0 Å². The van der Waals surface area contributed by atoms with Crippen LogP contribution in [0.5, 0.6) is 0 Å². The molecule has 4 nitrogen and oxygen atoms in total. The van der Waals surface area contributed by atoms with Gasteiger partial charge in [0.15, 0.2) is 5.78 Å². The molecule has 34 heavy (non-hydrogen) atoms. The number of ketones is 1. The van der Waals surface area contributed by atoms with Crippen LogP contribution in [-0.2, 0) is 14.3 Å². The Morgan fingerprint density at radius 2 is 1.65 bits per heavy atom. The quantitative estimate of drug-likeness (QED) is 0.399. The molecule has 5 rings (SSSR count). The fourth-order valence-corrected chi connectivity index (χ4v) is 11.3. The average Bonchev–Trinajstić information content (AvgIpc) is 3.18. The predicted octanol–water partition coefficient (Wildman–Crippen LogP) is 5.97. The molecule has 0 radical (unpaired) electrons. The molecule has 5 unspecified atom stereocenters. The third-order valence-corrected chi connectivity index (χ3v) is 12.5. The molecule has 10 atom stereocenters. The van der Waals surface area contributed by atoms with Gasteiger partial charge in [-0.05, 0) is 111 Å². The van der Waals surface area contributed by atoms with Gasteiger partial charge in [0.25, 0.3) is 0 Å². The van der Waals surface area contributed by atoms with Gasteiger partial charge in [-0.3, -0.25) is 9.59 Å². The van der Waals surface area contributed by atoms with Gasteiger partial charge >= 0.3 is 5.97 Å². The topological polar surface area (TPSA) is 63.6 Å². The van der Waals surface area contributed by atoms with Gasteiger partial charge in [0, 0.05) is 5.41 Å². The van der Waals surface area contributed by atoms with E-state index < -0.39 is 11.5 Å². The number of ether oxygens (including phenoxy) is 1. The average molecular weight is 471 g/mol. The summed E-state index contributed by atoms with van der Waals surface area (Å²) in [5.41, 5.74) is 0.603. The Hall–Kier alpha value is -1.16. The number of hydrogen-bond donors (Lipinski definition) is 1. The maximum Gasteiger partial charge on any atom is 0.312 e. The molecule has 4 heteroatoms. The summed E-state index contributed by atoms with van der Waals surface area (Å²) < 4.78 is 5.44. The van der Waals surface area contributed by atoms with Crippen LogP contribution in [0.4, 0.5) is 0 Å². The number of methoxy groups -OCH3 is 1. The van der Waals surface area contributed by atoms with Crippen molar-refractivity contribution in [2.75, 3.05) is 7.11 Å². The second-order valence-corrected chi connectivity index (χ2v) is 14.0. The highest BCUT2D eigenvalue weighted by Crippen LogP contribution is 2.73. The lowest BCUT2D eigenvalue weighted by molar-refractivity contribution is -0.212. The molecule has 0 aromatic rings. The van der Waals surface area contributed by atoms with Crippen LogP contribution in [0.25, 0.3) is 0 Å². The van der Waals surface area contributed by atoms with E-state index in [4.69, 9.17) is 4.74 Å². The van der Waals surface area contributed by atoms with Crippen molar-refractivity contribution in [3.05, 3.63) is 12.2 Å². The smallest absolute Gasteiger partial charge is 0.312 e. The summed E-state index contributed by atoms with van der Waals surface area (Å²) in [4.78, 5) is 26.2. The first-order valence-electron chi connectivity index (χ1n) is 13.8. The predicted molar refractivity (Wildman–Crippen MR) is 133 cm³/mol. The first kappa shape index (κ1) is 24.5. The second kappa shape index (κ2) is 7.67. The number of carbonyl (C=O) groups is 2. The van der Waals surface area contributed by atoms with E-state index in [0.717, 1.165) is 51.4 Å². The van der Waals surface area contributed by atoms with E-state index in [1.165, 1.54) is 5.57 Å². The molecule has 5 fully saturated rings. The van der Waals surface area contributed by atoms with Crippen LogP contribution in [-0.4, -0.2) is 30.1 Å². The molecule has 0 heterocycles. The van der Waals surface area contributed by atoms with Crippen LogP contribution in [0.2, 0.25) is 0 Å². The number of allylic oxidation sites excluding steroid dienone is 1. The molecule has 0 aliphatic heterocycles. The van der Waals surface area contributed by atoms with Crippen molar-refractivity contribution in [1.82, 2.24) is 0 Å². The highest BCUT2D eigenvalue weighted by atomic mass is 16.5. The summed E-state index contributed by atoms with van der Waals surface area (Å²) in [6, 6.07) is 0. The van der Waals surface area contributed by atoms with Crippen molar-refractivity contribution in [2.45, 2.75) is 98.5 Å². The largest absolute Gasteiger partial charge is 0.469 e. The molecule has 0 bridgehead atoms. The van der Waals surface area contributed by atoms with Gasteiger partial charge in [-0.2, -0.15) is 0 Å². The maximum atomic E-state index is 13.2. The molecule has 0 amide bonds. The lowest BCUT2D eigenvalue weighted by atomic mass is 9.36. The van der Waals surface area contributed by atoms with Crippen molar-refractivity contribution in [2.24, 2.45) is 57.2 Å². The number of esters is 1. The van der Waals surface area contributed by atoms with Crippen molar-refractivity contribution < 1.29 is 19.4 Å². The minimum absolute atomic E-state index is 0.0123. The van der Waals surface area contributed by atoms with Gasteiger partial charge in [-0.25, -0.2) is 0 Å². The number of fused-ring (bicyclic) bond motifs is 7. The SMILES string of the molecule is C=C(C)[C@@H]1CC[C@]2(C(=O)OC)CCC3C(CCC4[C@@]3(C)CCC3C(C)(C)C(=O)[C@H](O)C[C@@]34C)C12. The van der Waals surface area contributed by atoms with Crippen LogP contribution in [0.1, 0.15) is 92.4 Å². The fraction of sp³-hybridized carbons (Fsp3) is 0.867. The highest BCUT2D eigenvalue weighted by Gasteiger charge is 2.69. The molecule has 0 aromatic heterocycles. The standard InChI is InChI=1S/C30H46O4/c1-17(2)18-10-14-30(26(33)34-7)15-11-20-19(24(18)30)8-9-23-28(20,5)13-12-22-27(3,4)25(32)21(31)16-29(22,23)6/h18-24,31H,1,8-16H2,2-7H3/t18-,19?,20?,21+,22?,23?,24?,28-,29-,30-/m0/s1. The summed E-state index contributed by atoms with van der Waals surface area (Å²) >= 11 is 0. The summed E-state index contributed by atoms with van der Waals surface area (Å²) in [5.74, 6) is 2.77. The molecule has 0 saturated heterocycles. The lowest BCUT2D eigenvalue weighted by Gasteiger charge is -2.68. The van der Waals surface area contributed by atoms with E-state index in [1.54, 1.807) is 7.11 Å². The minimum atomic E-state index is -0.836. The first-order valence-corrected chi connectivity index (χ1v) is 13.8. The Balaban J connectivity index is 1.53.